The van der Waals surface area contributed by atoms with Crippen LogP contribution in [-0.2, 0) is 54.7 Å². The second kappa shape index (κ2) is 25.0. The second-order valence-electron chi connectivity index (χ2n) is 23.5. The number of nitrogens with one attached hydrogen (secondary N) is 6. The summed E-state index contributed by atoms with van der Waals surface area (Å²) in [5, 5.41) is 18.6. The summed E-state index contributed by atoms with van der Waals surface area (Å²) in [4.78, 5) is 105. The maximum Gasteiger partial charge on any atom is 0.251 e. The molecule has 3 unspecified atom stereocenters. The van der Waals surface area contributed by atoms with Crippen LogP contribution >= 0.6 is 11.6 Å². The van der Waals surface area contributed by atoms with E-state index in [4.69, 9.17) is 11.6 Å². The lowest BCUT2D eigenvalue weighted by molar-refractivity contribution is -0.152. The summed E-state index contributed by atoms with van der Waals surface area (Å²) in [7, 11) is 3.34. The molecule has 7 rings (SSSR count). The van der Waals surface area contributed by atoms with Crippen LogP contribution in [0.3, 0.4) is 0 Å². The second-order valence-corrected chi connectivity index (χ2v) is 23.9. The quantitative estimate of drug-likeness (QED) is 0.0678. The van der Waals surface area contributed by atoms with E-state index < -0.39 is 71.0 Å². The fourth-order valence-electron chi connectivity index (χ4n) is 10.8. The normalized spacial score (nSPS) is 20.2. The molecule has 1 saturated heterocycles. The molecular weight excluding hydrogens is 1010 g/mol. The van der Waals surface area contributed by atoms with Gasteiger partial charge in [0.25, 0.3) is 5.91 Å². The standard InChI is InChI=1S/C61H80ClN9O7/c1-36(63-10)53(72)67-51(60(4,5)6)58(77)70-34-43-21-13-12-20-42(43)31-50(70)57(76)69(38(3)45-23-16-17-25-47(45)62)33-39-27-29-41(30-28-39)55(74)65-44-32-49(56(75)66-48-26-18-22-40-19-14-15-24-46(40)48)71(35-44)59(78)52(61(7,8)9)68-54(73)37(2)64-11/h12-17,19-21,23-25,27-30,36-38,44,48-52,63-64H,18,22,26,31-35H2,1-11H3,(H,65,74)(H,66,75)(H,67,72)(H,68,73)/t36-,37-,38?,44?,48?,49-,50-,51+,52+/m0/s1. The molecule has 0 radical (unpaired) electrons. The molecule has 1 aliphatic carbocycles. The molecule has 0 saturated carbocycles. The first-order chi connectivity index (χ1) is 36.9. The van der Waals surface area contributed by atoms with Gasteiger partial charge in [-0.25, -0.2) is 0 Å². The van der Waals surface area contributed by atoms with Crippen molar-refractivity contribution in [1.82, 2.24) is 46.6 Å². The zero-order valence-electron chi connectivity index (χ0n) is 47.2. The van der Waals surface area contributed by atoms with E-state index in [1.54, 1.807) is 68.1 Å². The SMILES string of the molecule is CN[C@@H](C)C(=O)N[C@H](C(=O)N1CC(NC(=O)c2ccc(CN(C(=O)[C@@H]3Cc4ccccc4CN3C(=O)[C@@H](NC(=O)[C@H](C)NC)C(C)(C)C)C(C)c3ccccc3Cl)cc2)C[C@H]1C(=O)NC1CCCc2ccccc21)C(C)(C)C. The third-order valence-electron chi connectivity index (χ3n) is 15.9. The van der Waals surface area contributed by atoms with Crippen LogP contribution in [0.1, 0.15) is 137 Å². The van der Waals surface area contributed by atoms with Crippen molar-refractivity contribution in [2.75, 3.05) is 20.6 Å². The predicted octanol–water partition coefficient (Wildman–Crippen LogP) is 6.55. The minimum atomic E-state index is -0.974. The van der Waals surface area contributed by atoms with Gasteiger partial charge in [-0.1, -0.05) is 132 Å². The van der Waals surface area contributed by atoms with E-state index in [0.29, 0.717) is 21.7 Å². The van der Waals surface area contributed by atoms with Crippen molar-refractivity contribution in [3.8, 4) is 0 Å². The van der Waals surface area contributed by atoms with Gasteiger partial charge < -0.3 is 46.6 Å². The average molecular weight is 1090 g/mol. The molecule has 0 bridgehead atoms. The van der Waals surface area contributed by atoms with Gasteiger partial charge in [0.05, 0.1) is 24.2 Å². The molecule has 6 N–H and O–H groups in total. The van der Waals surface area contributed by atoms with Crippen molar-refractivity contribution >= 4 is 53.0 Å². The number of rotatable bonds is 17. The first-order valence-corrected chi connectivity index (χ1v) is 27.7. The van der Waals surface area contributed by atoms with Crippen LogP contribution in [0.2, 0.25) is 5.02 Å². The summed E-state index contributed by atoms with van der Waals surface area (Å²) in [5.74, 6) is -2.54. The summed E-state index contributed by atoms with van der Waals surface area (Å²) in [6.07, 6.45) is 2.95. The van der Waals surface area contributed by atoms with E-state index in [2.05, 4.69) is 38.0 Å². The summed E-state index contributed by atoms with van der Waals surface area (Å²) < 4.78 is 0. The first-order valence-electron chi connectivity index (χ1n) is 27.4. The largest absolute Gasteiger partial charge is 0.347 e. The van der Waals surface area contributed by atoms with Crippen LogP contribution in [0.4, 0.5) is 0 Å². The molecule has 4 aromatic rings. The Bertz CT molecular complexity index is 2850. The van der Waals surface area contributed by atoms with Crippen molar-refractivity contribution in [1.29, 1.82) is 0 Å². The number of hydrogen-bond acceptors (Lipinski definition) is 9. The number of halogens is 1. The Morgan fingerprint density at radius 3 is 1.81 bits per heavy atom. The Morgan fingerprint density at radius 1 is 0.667 bits per heavy atom. The highest BCUT2D eigenvalue weighted by molar-refractivity contribution is 6.31. The molecule has 0 aromatic heterocycles. The molecule has 4 aromatic carbocycles. The van der Waals surface area contributed by atoms with Crippen molar-refractivity contribution in [3.63, 3.8) is 0 Å². The number of likely N-dealkylation sites (N-methyl/N-ethyl adjacent to an activating group) is 2. The van der Waals surface area contributed by atoms with Crippen LogP contribution in [-0.4, -0.2) is 119 Å². The molecule has 0 spiro atoms. The fourth-order valence-corrected chi connectivity index (χ4v) is 11.1. The molecule has 2 heterocycles. The Labute approximate surface area is 465 Å². The van der Waals surface area contributed by atoms with E-state index in [9.17, 15) is 28.8 Å². The van der Waals surface area contributed by atoms with Crippen LogP contribution in [0.25, 0.3) is 0 Å². The van der Waals surface area contributed by atoms with Crippen molar-refractivity contribution < 1.29 is 33.6 Å². The van der Waals surface area contributed by atoms with Gasteiger partial charge in [-0.15, -0.1) is 0 Å². The van der Waals surface area contributed by atoms with Crippen molar-refractivity contribution in [2.24, 2.45) is 10.8 Å². The number of aryl methyl sites for hydroxylation is 1. The minimum absolute atomic E-state index is 0.0339. The van der Waals surface area contributed by atoms with E-state index in [0.717, 1.165) is 36.0 Å². The molecule has 7 amide bonds. The predicted molar refractivity (Wildman–Crippen MR) is 303 cm³/mol. The summed E-state index contributed by atoms with van der Waals surface area (Å²) in [6.45, 7) is 16.9. The lowest BCUT2D eigenvalue weighted by atomic mass is 9.84. The van der Waals surface area contributed by atoms with E-state index in [1.165, 1.54) is 10.5 Å². The number of hydrogen-bond donors (Lipinski definition) is 6. The maximum atomic E-state index is 15.5. The molecule has 418 valence electrons. The topological polar surface area (TPSA) is 201 Å². The molecule has 9 atom stereocenters. The van der Waals surface area contributed by atoms with Gasteiger partial charge in [0.1, 0.15) is 24.2 Å². The highest BCUT2D eigenvalue weighted by Crippen LogP contribution is 2.35. The van der Waals surface area contributed by atoms with Crippen LogP contribution in [0.5, 0.6) is 0 Å². The summed E-state index contributed by atoms with van der Waals surface area (Å²) >= 11 is 6.84. The highest BCUT2D eigenvalue weighted by Gasteiger charge is 2.47. The van der Waals surface area contributed by atoms with E-state index in [-0.39, 0.29) is 68.1 Å². The number of carbonyl (C=O) groups is 7. The Morgan fingerprint density at radius 2 is 1.22 bits per heavy atom. The van der Waals surface area contributed by atoms with Crippen LogP contribution in [0, 0.1) is 10.8 Å². The molecule has 16 nitrogen and oxygen atoms in total. The number of amides is 7. The number of benzene rings is 4. The third kappa shape index (κ3) is 13.6. The highest BCUT2D eigenvalue weighted by atomic mass is 35.5. The molecule has 2 aliphatic heterocycles. The van der Waals surface area contributed by atoms with Crippen LogP contribution < -0.4 is 31.9 Å². The Hall–Kier alpha value is -6.62. The van der Waals surface area contributed by atoms with Gasteiger partial charge in [0.2, 0.25) is 35.4 Å². The number of fused-ring (bicyclic) bond motifs is 2. The number of carbonyl (C=O) groups excluding carboxylic acids is 7. The average Bonchev–Trinajstić information content (AvgIpc) is 3.98. The zero-order chi connectivity index (χ0) is 56.8. The lowest BCUT2D eigenvalue weighted by Gasteiger charge is -2.43. The van der Waals surface area contributed by atoms with E-state index >= 15 is 4.79 Å². The first kappa shape index (κ1) is 59.0. The smallest absolute Gasteiger partial charge is 0.251 e. The number of nitrogens with zero attached hydrogens (tertiary/aromatic N) is 3. The van der Waals surface area contributed by atoms with Gasteiger partial charge >= 0.3 is 0 Å². The molecule has 1 fully saturated rings. The van der Waals surface area contributed by atoms with Gasteiger partial charge in [-0.3, -0.25) is 33.6 Å². The van der Waals surface area contributed by atoms with E-state index in [1.807, 2.05) is 109 Å². The van der Waals surface area contributed by atoms with Crippen LogP contribution in [0.15, 0.2) is 97.1 Å². The molecular formula is C61H80ClN9O7. The third-order valence-corrected chi connectivity index (χ3v) is 16.2. The fraction of sp³-hybridized carbons (Fsp3) is 0.492. The Balaban J connectivity index is 1.15. The van der Waals surface area contributed by atoms with Crippen molar-refractivity contribution in [2.45, 2.75) is 162 Å². The summed E-state index contributed by atoms with van der Waals surface area (Å²) in [5.41, 5.74) is 4.38. The molecule has 3 aliphatic rings. The van der Waals surface area contributed by atoms with Gasteiger partial charge in [0.15, 0.2) is 0 Å². The maximum absolute atomic E-state index is 15.5. The van der Waals surface area contributed by atoms with Gasteiger partial charge in [-0.2, -0.15) is 0 Å². The molecule has 78 heavy (non-hydrogen) atoms. The minimum Gasteiger partial charge on any atom is -0.347 e. The number of likely N-dealkylation sites (tertiary alicyclic amines) is 1. The van der Waals surface area contributed by atoms with Gasteiger partial charge in [0, 0.05) is 42.7 Å². The van der Waals surface area contributed by atoms with Gasteiger partial charge in [-0.05, 0) is 123 Å². The lowest BCUT2D eigenvalue weighted by Crippen LogP contribution is -2.62. The Kier molecular flexibility index (Phi) is 18.9. The van der Waals surface area contributed by atoms with Crippen molar-refractivity contribution in [3.05, 3.63) is 141 Å². The zero-order valence-corrected chi connectivity index (χ0v) is 47.9. The monoisotopic (exact) mass is 1090 g/mol. The summed E-state index contributed by atoms with van der Waals surface area (Å²) in [6, 6.07) is 23.7. The molecule has 17 heteroatoms.